The first-order chi connectivity index (χ1) is 11.4. The molecule has 0 spiro atoms. The van der Waals surface area contributed by atoms with Crippen molar-refractivity contribution in [3.63, 3.8) is 0 Å². The SMILES string of the molecule is C=CCOc1cc([N+](=O)[O-])ccc1NC(=O)c1cc(Cl)ccc1O. The highest BCUT2D eigenvalue weighted by atomic mass is 35.5. The summed E-state index contributed by atoms with van der Waals surface area (Å²) < 4.78 is 5.34. The molecule has 0 aliphatic carbocycles. The average Bonchev–Trinajstić information content (AvgIpc) is 2.55. The number of phenolic OH excluding ortho intramolecular Hbond substituents is 1. The Labute approximate surface area is 142 Å². The Morgan fingerprint density at radius 1 is 1.38 bits per heavy atom. The van der Waals surface area contributed by atoms with Crippen molar-refractivity contribution in [1.29, 1.82) is 0 Å². The molecule has 2 N–H and O–H groups in total. The third-order valence-electron chi connectivity index (χ3n) is 2.98. The molecule has 24 heavy (non-hydrogen) atoms. The minimum absolute atomic E-state index is 0.0319. The van der Waals surface area contributed by atoms with Crippen LogP contribution in [0.25, 0.3) is 0 Å². The number of amides is 1. The van der Waals surface area contributed by atoms with E-state index in [0.717, 1.165) is 0 Å². The molecule has 7 nitrogen and oxygen atoms in total. The molecule has 0 aromatic heterocycles. The van der Waals surface area contributed by atoms with Gasteiger partial charge in [-0.15, -0.1) is 0 Å². The van der Waals surface area contributed by atoms with Crippen LogP contribution in [-0.2, 0) is 0 Å². The highest BCUT2D eigenvalue weighted by Gasteiger charge is 2.17. The molecule has 2 aromatic rings. The van der Waals surface area contributed by atoms with E-state index >= 15 is 0 Å². The van der Waals surface area contributed by atoms with Gasteiger partial charge in [-0.1, -0.05) is 24.3 Å². The Bertz CT molecular complexity index is 807. The van der Waals surface area contributed by atoms with Gasteiger partial charge in [0.2, 0.25) is 0 Å². The smallest absolute Gasteiger partial charge is 0.273 e. The van der Waals surface area contributed by atoms with Crippen molar-refractivity contribution in [1.82, 2.24) is 0 Å². The van der Waals surface area contributed by atoms with Crippen LogP contribution in [0.1, 0.15) is 10.4 Å². The average molecular weight is 349 g/mol. The summed E-state index contributed by atoms with van der Waals surface area (Å²) in [5.41, 5.74) is 0.0000120. The largest absolute Gasteiger partial charge is 0.507 e. The maximum Gasteiger partial charge on any atom is 0.273 e. The van der Waals surface area contributed by atoms with E-state index in [1.807, 2.05) is 0 Å². The Kier molecular flexibility index (Phi) is 5.39. The first-order valence-electron chi connectivity index (χ1n) is 6.74. The van der Waals surface area contributed by atoms with Crippen molar-refractivity contribution in [3.8, 4) is 11.5 Å². The zero-order valence-electron chi connectivity index (χ0n) is 12.4. The summed E-state index contributed by atoms with van der Waals surface area (Å²) in [6.07, 6.45) is 1.47. The quantitative estimate of drug-likeness (QED) is 0.470. The first kappa shape index (κ1) is 17.3. The van der Waals surface area contributed by atoms with Gasteiger partial charge in [-0.3, -0.25) is 14.9 Å². The number of nitrogens with zero attached hydrogens (tertiary/aromatic N) is 1. The second kappa shape index (κ2) is 7.47. The van der Waals surface area contributed by atoms with Gasteiger partial charge in [0.15, 0.2) is 0 Å². The van der Waals surface area contributed by atoms with E-state index in [0.29, 0.717) is 0 Å². The lowest BCUT2D eigenvalue weighted by molar-refractivity contribution is -0.384. The molecule has 2 rings (SSSR count). The number of hydrogen-bond acceptors (Lipinski definition) is 5. The molecule has 0 saturated carbocycles. The van der Waals surface area contributed by atoms with Gasteiger partial charge in [-0.2, -0.15) is 0 Å². The van der Waals surface area contributed by atoms with Gasteiger partial charge in [-0.25, -0.2) is 0 Å². The number of hydrogen-bond donors (Lipinski definition) is 2. The number of benzene rings is 2. The minimum atomic E-state index is -0.632. The van der Waals surface area contributed by atoms with Crippen molar-refractivity contribution in [3.05, 3.63) is 69.8 Å². The number of rotatable bonds is 6. The predicted octanol–water partition coefficient (Wildman–Crippen LogP) is 3.77. The van der Waals surface area contributed by atoms with Crippen LogP contribution >= 0.6 is 11.6 Å². The van der Waals surface area contributed by atoms with E-state index in [9.17, 15) is 20.0 Å². The zero-order valence-corrected chi connectivity index (χ0v) is 13.1. The number of nitro benzene ring substituents is 1. The van der Waals surface area contributed by atoms with Crippen LogP contribution in [0.5, 0.6) is 11.5 Å². The van der Waals surface area contributed by atoms with Crippen molar-refractivity contribution >= 4 is 28.9 Å². The van der Waals surface area contributed by atoms with E-state index in [2.05, 4.69) is 11.9 Å². The van der Waals surface area contributed by atoms with E-state index < -0.39 is 10.8 Å². The lowest BCUT2D eigenvalue weighted by atomic mass is 10.1. The number of ether oxygens (including phenoxy) is 1. The molecule has 2 aromatic carbocycles. The van der Waals surface area contributed by atoms with Gasteiger partial charge in [0.25, 0.3) is 11.6 Å². The molecule has 0 unspecified atom stereocenters. The fourth-order valence-corrected chi connectivity index (χ4v) is 2.05. The molecular formula is C16H13ClN2O5. The standard InChI is InChI=1S/C16H13ClN2O5/c1-2-7-24-15-9-11(19(22)23)4-5-13(15)18-16(21)12-8-10(17)3-6-14(12)20/h2-6,8-9,20H,1,7H2,(H,18,21). The summed E-state index contributed by atoms with van der Waals surface area (Å²) in [5.74, 6) is -0.765. The third-order valence-corrected chi connectivity index (χ3v) is 3.22. The first-order valence-corrected chi connectivity index (χ1v) is 7.12. The number of carbonyl (C=O) groups is 1. The van der Waals surface area contributed by atoms with Crippen LogP contribution in [0.2, 0.25) is 5.02 Å². The number of phenols is 1. The maximum absolute atomic E-state index is 12.3. The fraction of sp³-hybridized carbons (Fsp3) is 0.0625. The van der Waals surface area contributed by atoms with E-state index in [4.69, 9.17) is 16.3 Å². The van der Waals surface area contributed by atoms with E-state index in [1.165, 1.54) is 42.5 Å². The zero-order chi connectivity index (χ0) is 17.7. The molecule has 0 aliphatic rings. The number of nitrogens with one attached hydrogen (secondary N) is 1. The van der Waals surface area contributed by atoms with Crippen LogP contribution in [0.4, 0.5) is 11.4 Å². The molecule has 0 fully saturated rings. The Morgan fingerprint density at radius 2 is 2.12 bits per heavy atom. The van der Waals surface area contributed by atoms with Gasteiger partial charge in [0.1, 0.15) is 18.1 Å². The number of non-ortho nitro benzene ring substituents is 1. The topological polar surface area (TPSA) is 102 Å². The highest BCUT2D eigenvalue weighted by Crippen LogP contribution is 2.31. The normalized spacial score (nSPS) is 10.0. The Morgan fingerprint density at radius 3 is 2.79 bits per heavy atom. The molecule has 0 radical (unpaired) electrons. The van der Waals surface area contributed by atoms with Crippen LogP contribution < -0.4 is 10.1 Å². The predicted molar refractivity (Wildman–Crippen MR) is 89.9 cm³/mol. The molecule has 8 heteroatoms. The highest BCUT2D eigenvalue weighted by molar-refractivity contribution is 6.31. The summed E-state index contributed by atoms with van der Waals surface area (Å²) in [4.78, 5) is 22.6. The molecule has 124 valence electrons. The second-order valence-electron chi connectivity index (χ2n) is 4.65. The number of halogens is 1. The molecule has 0 saturated heterocycles. The van der Waals surface area contributed by atoms with E-state index in [-0.39, 0.29) is 40.1 Å². The van der Waals surface area contributed by atoms with Gasteiger partial charge < -0.3 is 15.2 Å². The molecule has 0 bridgehead atoms. The van der Waals surface area contributed by atoms with Crippen LogP contribution in [0.15, 0.2) is 49.1 Å². The Hall–Kier alpha value is -3.06. The van der Waals surface area contributed by atoms with E-state index in [1.54, 1.807) is 0 Å². The van der Waals surface area contributed by atoms with Crippen LogP contribution in [-0.4, -0.2) is 22.5 Å². The van der Waals surface area contributed by atoms with Crippen molar-refractivity contribution in [2.45, 2.75) is 0 Å². The number of carbonyl (C=O) groups excluding carboxylic acids is 1. The second-order valence-corrected chi connectivity index (χ2v) is 5.09. The number of nitro groups is 1. The lowest BCUT2D eigenvalue weighted by Gasteiger charge is -2.12. The van der Waals surface area contributed by atoms with Gasteiger partial charge in [0, 0.05) is 11.1 Å². The molecule has 0 atom stereocenters. The molecule has 0 heterocycles. The fourth-order valence-electron chi connectivity index (χ4n) is 1.88. The summed E-state index contributed by atoms with van der Waals surface area (Å²) in [5, 5.41) is 23.4. The molecular weight excluding hydrogens is 336 g/mol. The number of aromatic hydroxyl groups is 1. The molecule has 1 amide bonds. The lowest BCUT2D eigenvalue weighted by Crippen LogP contribution is -2.13. The van der Waals surface area contributed by atoms with Gasteiger partial charge in [-0.05, 0) is 24.3 Å². The van der Waals surface area contributed by atoms with Crippen molar-refractivity contribution in [2.24, 2.45) is 0 Å². The summed E-state index contributed by atoms with van der Waals surface area (Å²) in [7, 11) is 0. The summed E-state index contributed by atoms with van der Waals surface area (Å²) in [6, 6.07) is 7.81. The monoisotopic (exact) mass is 348 g/mol. The summed E-state index contributed by atoms with van der Waals surface area (Å²) in [6.45, 7) is 3.60. The molecule has 0 aliphatic heterocycles. The Balaban J connectivity index is 2.33. The minimum Gasteiger partial charge on any atom is -0.507 e. The van der Waals surface area contributed by atoms with Gasteiger partial charge >= 0.3 is 0 Å². The van der Waals surface area contributed by atoms with Crippen LogP contribution in [0, 0.1) is 10.1 Å². The van der Waals surface area contributed by atoms with Crippen molar-refractivity contribution < 1.29 is 19.6 Å². The van der Waals surface area contributed by atoms with Gasteiger partial charge in [0.05, 0.1) is 22.2 Å². The summed E-state index contributed by atoms with van der Waals surface area (Å²) >= 11 is 5.82. The maximum atomic E-state index is 12.3. The number of anilines is 1. The van der Waals surface area contributed by atoms with Crippen LogP contribution in [0.3, 0.4) is 0 Å². The third kappa shape index (κ3) is 4.02. The van der Waals surface area contributed by atoms with Crippen molar-refractivity contribution in [2.75, 3.05) is 11.9 Å².